The van der Waals surface area contributed by atoms with E-state index >= 15 is 0 Å². The number of amides is 2. The number of aryl methyl sites for hydroxylation is 1. The standard InChI is InChI=1S/C19H24FN5O4/c1-10-16(17(21)26)11(2)25(23-10)15-6-14(13(20)7-22-15)28-12-8-24(9-12)18(27)29-19(3,4)5/h6-7,12H,8-9H2,1-5H3,(H2,21,26). The van der Waals surface area contributed by atoms with Crippen molar-refractivity contribution in [3.05, 3.63) is 35.0 Å². The number of likely N-dealkylation sites (tertiary alicyclic amines) is 1. The second-order valence-electron chi connectivity index (χ2n) is 7.92. The van der Waals surface area contributed by atoms with Crippen LogP contribution in [0.1, 0.15) is 42.5 Å². The molecule has 0 aliphatic carbocycles. The maximum atomic E-state index is 14.2. The van der Waals surface area contributed by atoms with Crippen LogP contribution in [0, 0.1) is 19.7 Å². The van der Waals surface area contributed by atoms with Crippen molar-refractivity contribution in [2.75, 3.05) is 13.1 Å². The second kappa shape index (κ2) is 7.34. The highest BCUT2D eigenvalue weighted by Crippen LogP contribution is 2.25. The summed E-state index contributed by atoms with van der Waals surface area (Å²) in [6, 6.07) is 1.40. The lowest BCUT2D eigenvalue weighted by atomic mass is 10.1. The molecular weight excluding hydrogens is 381 g/mol. The summed E-state index contributed by atoms with van der Waals surface area (Å²) < 4.78 is 26.6. The Kier molecular flexibility index (Phi) is 5.20. The lowest BCUT2D eigenvalue weighted by Crippen LogP contribution is -2.57. The average molecular weight is 405 g/mol. The molecular formula is C19H24FN5O4. The van der Waals surface area contributed by atoms with Crippen LogP contribution >= 0.6 is 0 Å². The van der Waals surface area contributed by atoms with Gasteiger partial charge in [0.2, 0.25) is 0 Å². The summed E-state index contributed by atoms with van der Waals surface area (Å²) in [7, 11) is 0. The Morgan fingerprint density at radius 3 is 2.48 bits per heavy atom. The Morgan fingerprint density at radius 2 is 1.93 bits per heavy atom. The minimum absolute atomic E-state index is 0.0167. The van der Waals surface area contributed by atoms with Gasteiger partial charge >= 0.3 is 6.09 Å². The Hall–Kier alpha value is -3.17. The smallest absolute Gasteiger partial charge is 0.410 e. The fourth-order valence-corrected chi connectivity index (χ4v) is 3.01. The van der Waals surface area contributed by atoms with Gasteiger partial charge in [-0.3, -0.25) is 4.79 Å². The monoisotopic (exact) mass is 405 g/mol. The molecule has 0 aromatic carbocycles. The minimum atomic E-state index is -0.638. The van der Waals surface area contributed by atoms with Crippen LogP contribution < -0.4 is 10.5 Å². The van der Waals surface area contributed by atoms with E-state index in [4.69, 9.17) is 15.2 Å². The second-order valence-corrected chi connectivity index (χ2v) is 7.92. The number of primary amides is 1. The molecule has 0 bridgehead atoms. The predicted octanol–water partition coefficient (Wildman–Crippen LogP) is 2.12. The molecule has 0 unspecified atom stereocenters. The van der Waals surface area contributed by atoms with Gasteiger partial charge in [0.15, 0.2) is 17.4 Å². The first kappa shape index (κ1) is 20.6. The molecule has 2 N–H and O–H groups in total. The van der Waals surface area contributed by atoms with E-state index < -0.39 is 23.4 Å². The van der Waals surface area contributed by atoms with Crippen molar-refractivity contribution < 1.29 is 23.5 Å². The first-order valence-corrected chi connectivity index (χ1v) is 9.13. The van der Waals surface area contributed by atoms with Crippen molar-refractivity contribution in [3.8, 4) is 11.6 Å². The van der Waals surface area contributed by atoms with Crippen molar-refractivity contribution in [1.82, 2.24) is 19.7 Å². The SMILES string of the molecule is Cc1nn(-c2cc(OC3CN(C(=O)OC(C)(C)C)C3)c(F)cn2)c(C)c1C(N)=O. The van der Waals surface area contributed by atoms with Crippen molar-refractivity contribution in [2.45, 2.75) is 46.3 Å². The van der Waals surface area contributed by atoms with Gasteiger partial charge in [0.05, 0.1) is 36.2 Å². The fraction of sp³-hybridized carbons (Fsp3) is 0.474. The zero-order valence-corrected chi connectivity index (χ0v) is 17.0. The molecule has 2 aromatic heterocycles. The summed E-state index contributed by atoms with van der Waals surface area (Å²) in [5.74, 6) is -0.961. The first-order chi connectivity index (χ1) is 13.5. The number of ether oxygens (including phenoxy) is 2. The Bertz CT molecular complexity index is 960. The number of pyridine rings is 1. The zero-order chi connectivity index (χ0) is 21.5. The van der Waals surface area contributed by atoms with Crippen LogP contribution in [0.4, 0.5) is 9.18 Å². The van der Waals surface area contributed by atoms with Gasteiger partial charge in [-0.1, -0.05) is 0 Å². The molecule has 1 aliphatic rings. The third kappa shape index (κ3) is 4.30. The van der Waals surface area contributed by atoms with E-state index in [1.54, 1.807) is 34.6 Å². The Labute approximate surface area is 167 Å². The molecule has 0 saturated carbocycles. The van der Waals surface area contributed by atoms with Gasteiger partial charge in [-0.05, 0) is 34.6 Å². The number of hydrogen-bond acceptors (Lipinski definition) is 6. The van der Waals surface area contributed by atoms with Crippen LogP contribution in [0.3, 0.4) is 0 Å². The van der Waals surface area contributed by atoms with Crippen LogP contribution in [0.2, 0.25) is 0 Å². The van der Waals surface area contributed by atoms with E-state index in [-0.39, 0.29) is 30.8 Å². The summed E-state index contributed by atoms with van der Waals surface area (Å²) in [6.45, 7) is 9.27. The molecule has 1 aliphatic heterocycles. The molecule has 3 heterocycles. The third-order valence-electron chi connectivity index (χ3n) is 4.35. The molecule has 1 fully saturated rings. The van der Waals surface area contributed by atoms with Crippen molar-refractivity contribution in [3.63, 3.8) is 0 Å². The summed E-state index contributed by atoms with van der Waals surface area (Å²) in [4.78, 5) is 29.1. The molecule has 156 valence electrons. The summed E-state index contributed by atoms with van der Waals surface area (Å²) in [5.41, 5.74) is 6.05. The molecule has 10 heteroatoms. The molecule has 9 nitrogen and oxygen atoms in total. The number of nitrogens with two attached hydrogens (primary N) is 1. The number of aromatic nitrogens is 3. The topological polar surface area (TPSA) is 113 Å². The number of carbonyl (C=O) groups is 2. The number of hydrogen-bond donors (Lipinski definition) is 1. The van der Waals surface area contributed by atoms with Crippen molar-refractivity contribution in [2.24, 2.45) is 5.73 Å². The number of halogens is 1. The van der Waals surface area contributed by atoms with E-state index in [0.29, 0.717) is 17.0 Å². The highest BCUT2D eigenvalue weighted by molar-refractivity contribution is 5.95. The largest absolute Gasteiger partial charge is 0.483 e. The van der Waals surface area contributed by atoms with E-state index in [0.717, 1.165) is 6.20 Å². The van der Waals surface area contributed by atoms with Gasteiger partial charge in [0.25, 0.3) is 5.91 Å². The zero-order valence-electron chi connectivity index (χ0n) is 17.0. The highest BCUT2D eigenvalue weighted by Gasteiger charge is 2.35. The molecule has 0 spiro atoms. The molecule has 29 heavy (non-hydrogen) atoms. The van der Waals surface area contributed by atoms with Gasteiger partial charge in [0, 0.05) is 6.07 Å². The van der Waals surface area contributed by atoms with E-state index in [9.17, 15) is 14.0 Å². The number of rotatable bonds is 4. The van der Waals surface area contributed by atoms with Crippen LogP contribution in [0.25, 0.3) is 5.82 Å². The van der Waals surface area contributed by atoms with Gasteiger partial charge < -0.3 is 20.1 Å². The maximum Gasteiger partial charge on any atom is 0.410 e. The van der Waals surface area contributed by atoms with Gasteiger partial charge in [0.1, 0.15) is 11.7 Å². The normalized spacial score (nSPS) is 14.5. The quantitative estimate of drug-likeness (QED) is 0.834. The Balaban J connectivity index is 1.73. The van der Waals surface area contributed by atoms with Crippen molar-refractivity contribution in [1.29, 1.82) is 0 Å². The molecule has 3 rings (SSSR count). The summed E-state index contributed by atoms with van der Waals surface area (Å²) in [6.07, 6.45) is 0.221. The molecule has 0 radical (unpaired) electrons. The van der Waals surface area contributed by atoms with Crippen molar-refractivity contribution >= 4 is 12.0 Å². The minimum Gasteiger partial charge on any atom is -0.483 e. The predicted molar refractivity (Wildman–Crippen MR) is 102 cm³/mol. The van der Waals surface area contributed by atoms with Crippen LogP contribution in [0.15, 0.2) is 12.3 Å². The lowest BCUT2D eigenvalue weighted by Gasteiger charge is -2.39. The van der Waals surface area contributed by atoms with E-state index in [2.05, 4.69) is 10.1 Å². The maximum absolute atomic E-state index is 14.2. The Morgan fingerprint density at radius 1 is 1.28 bits per heavy atom. The van der Waals surface area contributed by atoms with E-state index in [1.807, 2.05) is 0 Å². The summed E-state index contributed by atoms with van der Waals surface area (Å²) >= 11 is 0. The van der Waals surface area contributed by atoms with Crippen LogP contribution in [-0.2, 0) is 4.74 Å². The first-order valence-electron chi connectivity index (χ1n) is 9.13. The van der Waals surface area contributed by atoms with Crippen LogP contribution in [-0.4, -0.2) is 56.5 Å². The molecule has 2 amide bonds. The molecule has 0 atom stereocenters. The van der Waals surface area contributed by atoms with Gasteiger partial charge in [-0.2, -0.15) is 5.10 Å². The highest BCUT2D eigenvalue weighted by atomic mass is 19.1. The van der Waals surface area contributed by atoms with Crippen LogP contribution in [0.5, 0.6) is 5.75 Å². The molecule has 2 aromatic rings. The molecule has 1 saturated heterocycles. The number of nitrogens with zero attached hydrogens (tertiary/aromatic N) is 4. The lowest BCUT2D eigenvalue weighted by molar-refractivity contribution is -0.0229. The fourth-order valence-electron chi connectivity index (χ4n) is 3.01. The van der Waals surface area contributed by atoms with Gasteiger partial charge in [-0.25, -0.2) is 18.9 Å². The number of carbonyl (C=O) groups excluding carboxylic acids is 2. The summed E-state index contributed by atoms with van der Waals surface area (Å²) in [5, 5.41) is 4.26. The average Bonchev–Trinajstić information content (AvgIpc) is 2.84. The van der Waals surface area contributed by atoms with Gasteiger partial charge in [-0.15, -0.1) is 0 Å². The van der Waals surface area contributed by atoms with E-state index in [1.165, 1.54) is 15.6 Å². The third-order valence-corrected chi connectivity index (χ3v) is 4.35.